The Morgan fingerprint density at radius 2 is 1.78 bits per heavy atom. The molecule has 1 atom stereocenters. The topological polar surface area (TPSA) is 68.0 Å². The zero-order valence-corrected chi connectivity index (χ0v) is 15.4. The summed E-state index contributed by atoms with van der Waals surface area (Å²) in [6, 6.07) is 20.8. The van der Waals surface area contributed by atoms with Gasteiger partial charge in [0.05, 0.1) is 17.0 Å². The van der Waals surface area contributed by atoms with Crippen molar-refractivity contribution in [2.24, 2.45) is 0 Å². The first kappa shape index (κ1) is 17.3. The van der Waals surface area contributed by atoms with Crippen molar-refractivity contribution in [1.82, 2.24) is 9.97 Å². The van der Waals surface area contributed by atoms with Crippen molar-refractivity contribution in [2.45, 2.75) is 17.2 Å². The maximum atomic E-state index is 12.6. The molecule has 0 fully saturated rings. The fraction of sp³-hybridized carbons (Fsp3) is 0.0952. The molecule has 5 nitrogen and oxygen atoms in total. The van der Waals surface area contributed by atoms with Gasteiger partial charge in [0.1, 0.15) is 5.03 Å². The summed E-state index contributed by atoms with van der Waals surface area (Å²) in [5, 5.41) is 4.27. The number of carbonyl (C=O) groups is 1. The van der Waals surface area contributed by atoms with E-state index in [-0.39, 0.29) is 11.2 Å². The Bertz CT molecular complexity index is 1070. The molecule has 0 bridgehead atoms. The molecule has 1 unspecified atom stereocenters. The third kappa shape index (κ3) is 3.85. The number of hydrogen-bond acceptors (Lipinski definition) is 5. The van der Waals surface area contributed by atoms with Crippen LogP contribution in [0.4, 0.5) is 5.69 Å². The number of aromatic nitrogens is 2. The highest BCUT2D eigenvalue weighted by molar-refractivity contribution is 8.00. The first-order valence-corrected chi connectivity index (χ1v) is 9.42. The lowest BCUT2D eigenvalue weighted by molar-refractivity contribution is -0.115. The highest BCUT2D eigenvalue weighted by atomic mass is 32.2. The molecular weight excluding hydrogens is 358 g/mol. The Hall–Kier alpha value is -3.12. The van der Waals surface area contributed by atoms with Gasteiger partial charge in [-0.05, 0) is 37.3 Å². The second-order valence-electron chi connectivity index (χ2n) is 5.96. The lowest BCUT2D eigenvalue weighted by Gasteiger charge is -2.13. The van der Waals surface area contributed by atoms with Gasteiger partial charge in [0.25, 0.3) is 0 Å². The Morgan fingerprint density at radius 1 is 1.00 bits per heavy atom. The predicted octanol–water partition coefficient (Wildman–Crippen LogP) is 5.01. The normalized spacial score (nSPS) is 12.0. The van der Waals surface area contributed by atoms with E-state index in [2.05, 4.69) is 15.3 Å². The lowest BCUT2D eigenvalue weighted by Crippen LogP contribution is -2.22. The zero-order valence-electron chi connectivity index (χ0n) is 14.6. The highest BCUT2D eigenvalue weighted by Gasteiger charge is 2.19. The number of nitrogens with zero attached hydrogens (tertiary/aromatic N) is 2. The minimum atomic E-state index is -0.326. The molecule has 0 spiro atoms. The van der Waals surface area contributed by atoms with Crippen LogP contribution in [0.5, 0.6) is 0 Å². The number of thioether (sulfide) groups is 1. The number of rotatable bonds is 5. The number of furan rings is 1. The number of amides is 1. The summed E-state index contributed by atoms with van der Waals surface area (Å²) < 4.78 is 5.44. The van der Waals surface area contributed by atoms with Gasteiger partial charge in [-0.15, -0.1) is 0 Å². The van der Waals surface area contributed by atoms with E-state index >= 15 is 0 Å². The fourth-order valence-corrected chi connectivity index (χ4v) is 3.58. The summed E-state index contributed by atoms with van der Waals surface area (Å²) in [6.45, 7) is 1.87. The lowest BCUT2D eigenvalue weighted by atomic mass is 10.2. The average molecular weight is 375 g/mol. The van der Waals surface area contributed by atoms with Gasteiger partial charge in [-0.2, -0.15) is 0 Å². The maximum absolute atomic E-state index is 12.6. The van der Waals surface area contributed by atoms with Gasteiger partial charge in [0.15, 0.2) is 11.6 Å². The molecule has 0 saturated heterocycles. The van der Waals surface area contributed by atoms with Crippen molar-refractivity contribution >= 4 is 34.3 Å². The summed E-state index contributed by atoms with van der Waals surface area (Å²) in [5.41, 5.74) is 1.59. The molecule has 6 heteroatoms. The van der Waals surface area contributed by atoms with Gasteiger partial charge in [-0.25, -0.2) is 9.97 Å². The van der Waals surface area contributed by atoms with Crippen molar-refractivity contribution in [2.75, 3.05) is 5.32 Å². The first-order chi connectivity index (χ1) is 13.2. The van der Waals surface area contributed by atoms with Crippen LogP contribution in [-0.4, -0.2) is 21.1 Å². The number of carbonyl (C=O) groups excluding carboxylic acids is 1. The Balaban J connectivity index is 1.63. The molecule has 0 aliphatic carbocycles. The fourth-order valence-electron chi connectivity index (χ4n) is 2.64. The van der Waals surface area contributed by atoms with Crippen molar-refractivity contribution in [3.63, 3.8) is 0 Å². The van der Waals surface area contributed by atoms with Crippen molar-refractivity contribution in [3.8, 4) is 11.6 Å². The van der Waals surface area contributed by atoms with E-state index in [0.717, 1.165) is 21.6 Å². The van der Waals surface area contributed by atoms with E-state index in [4.69, 9.17) is 4.42 Å². The molecule has 0 radical (unpaired) electrons. The highest BCUT2D eigenvalue weighted by Crippen LogP contribution is 2.31. The zero-order chi connectivity index (χ0) is 18.6. The van der Waals surface area contributed by atoms with Gasteiger partial charge in [-0.3, -0.25) is 4.79 Å². The monoisotopic (exact) mass is 375 g/mol. The van der Waals surface area contributed by atoms with Crippen LogP contribution in [0.1, 0.15) is 6.92 Å². The summed E-state index contributed by atoms with van der Waals surface area (Å²) in [4.78, 5) is 21.8. The number of benzene rings is 2. The molecule has 1 amide bonds. The van der Waals surface area contributed by atoms with E-state index < -0.39 is 0 Å². The van der Waals surface area contributed by atoms with E-state index in [0.29, 0.717) is 11.6 Å². The molecule has 2 aromatic heterocycles. The quantitative estimate of drug-likeness (QED) is 0.392. The van der Waals surface area contributed by atoms with E-state index in [1.165, 1.54) is 11.8 Å². The van der Waals surface area contributed by atoms with Gasteiger partial charge in [0.2, 0.25) is 5.91 Å². The van der Waals surface area contributed by atoms with Crippen molar-refractivity contribution < 1.29 is 9.21 Å². The molecular formula is C21H17N3O2S. The number of hydrogen-bond donors (Lipinski definition) is 1. The molecule has 27 heavy (non-hydrogen) atoms. The largest absolute Gasteiger partial charge is 0.461 e. The van der Waals surface area contributed by atoms with Crippen molar-refractivity contribution in [3.05, 3.63) is 73.0 Å². The van der Waals surface area contributed by atoms with E-state index in [9.17, 15) is 4.79 Å². The van der Waals surface area contributed by atoms with Crippen LogP contribution in [0.25, 0.3) is 22.5 Å². The molecule has 2 heterocycles. The SMILES string of the molecule is CC(Sc1nc(-c2ccco2)nc2ccccc12)C(=O)Nc1ccccc1. The number of nitrogens with one attached hydrogen (secondary N) is 1. The molecule has 2 aromatic carbocycles. The number of anilines is 1. The number of fused-ring (bicyclic) bond motifs is 1. The summed E-state index contributed by atoms with van der Waals surface area (Å²) in [6.07, 6.45) is 1.59. The van der Waals surface area contributed by atoms with Crippen LogP contribution >= 0.6 is 11.8 Å². The molecule has 1 N–H and O–H groups in total. The van der Waals surface area contributed by atoms with Gasteiger partial charge >= 0.3 is 0 Å². The molecule has 0 aliphatic rings. The van der Waals surface area contributed by atoms with Crippen molar-refractivity contribution in [1.29, 1.82) is 0 Å². The second-order valence-corrected chi connectivity index (χ2v) is 7.29. The van der Waals surface area contributed by atoms with Gasteiger partial charge in [-0.1, -0.05) is 48.2 Å². The smallest absolute Gasteiger partial charge is 0.237 e. The van der Waals surface area contributed by atoms with Gasteiger partial charge < -0.3 is 9.73 Å². The molecule has 4 rings (SSSR count). The average Bonchev–Trinajstić information content (AvgIpc) is 3.23. The Morgan fingerprint density at radius 3 is 2.56 bits per heavy atom. The summed E-state index contributed by atoms with van der Waals surface area (Å²) in [7, 11) is 0. The molecule has 0 saturated carbocycles. The minimum absolute atomic E-state index is 0.0755. The summed E-state index contributed by atoms with van der Waals surface area (Å²) in [5.74, 6) is 1.04. The van der Waals surface area contributed by atoms with Gasteiger partial charge in [0, 0.05) is 11.1 Å². The Kier molecular flexibility index (Phi) is 4.89. The van der Waals surface area contributed by atoms with Crippen LogP contribution in [-0.2, 0) is 4.79 Å². The molecule has 4 aromatic rings. The second kappa shape index (κ2) is 7.63. The van der Waals surface area contributed by atoms with Crippen LogP contribution in [0, 0.1) is 0 Å². The third-order valence-corrected chi connectivity index (χ3v) is 5.11. The first-order valence-electron chi connectivity index (χ1n) is 8.54. The van der Waals surface area contributed by atoms with Crippen LogP contribution < -0.4 is 5.32 Å². The van der Waals surface area contributed by atoms with Crippen LogP contribution in [0.2, 0.25) is 0 Å². The molecule has 134 valence electrons. The molecule has 0 aliphatic heterocycles. The van der Waals surface area contributed by atoms with Crippen LogP contribution in [0.15, 0.2) is 82.4 Å². The minimum Gasteiger partial charge on any atom is -0.461 e. The standard InChI is InChI=1S/C21H17N3O2S/c1-14(20(25)22-15-8-3-2-4-9-15)27-21-16-10-5-6-11-17(16)23-19(24-21)18-12-7-13-26-18/h2-14H,1H3,(H,22,25). The predicted molar refractivity (Wildman–Crippen MR) is 108 cm³/mol. The van der Waals surface area contributed by atoms with E-state index in [1.54, 1.807) is 12.3 Å². The van der Waals surface area contributed by atoms with E-state index in [1.807, 2.05) is 67.6 Å². The third-order valence-electron chi connectivity index (χ3n) is 4.01. The Labute approximate surface area is 160 Å². The summed E-state index contributed by atoms with van der Waals surface area (Å²) >= 11 is 1.41. The number of para-hydroxylation sites is 2. The maximum Gasteiger partial charge on any atom is 0.237 e. The van der Waals surface area contributed by atoms with Crippen LogP contribution in [0.3, 0.4) is 0 Å².